The lowest BCUT2D eigenvalue weighted by Gasteiger charge is -2.24. The van der Waals surface area contributed by atoms with E-state index in [0.29, 0.717) is 26.2 Å². The van der Waals surface area contributed by atoms with Crippen molar-refractivity contribution in [3.05, 3.63) is 80.9 Å². The fourth-order valence-corrected chi connectivity index (χ4v) is 4.80. The molecule has 1 saturated heterocycles. The molecule has 36 heavy (non-hydrogen) atoms. The highest BCUT2D eigenvalue weighted by Gasteiger charge is 2.22. The summed E-state index contributed by atoms with van der Waals surface area (Å²) in [5, 5.41) is 13.5. The van der Waals surface area contributed by atoms with Crippen molar-refractivity contribution >= 4 is 10.9 Å². The Hall–Kier alpha value is -3.56. The van der Waals surface area contributed by atoms with Gasteiger partial charge < -0.3 is 14.5 Å². The van der Waals surface area contributed by atoms with E-state index in [1.807, 2.05) is 48.0 Å². The van der Waals surface area contributed by atoms with Gasteiger partial charge in [0.25, 0.3) is 5.56 Å². The lowest BCUT2D eigenvalue weighted by atomic mass is 10.0. The zero-order valence-corrected chi connectivity index (χ0v) is 21.0. The van der Waals surface area contributed by atoms with E-state index in [1.165, 1.54) is 0 Å². The van der Waals surface area contributed by atoms with E-state index < -0.39 is 0 Å². The molecule has 9 heteroatoms. The molecule has 1 N–H and O–H groups in total. The van der Waals surface area contributed by atoms with E-state index in [9.17, 15) is 4.79 Å². The van der Waals surface area contributed by atoms with E-state index in [0.717, 1.165) is 64.2 Å². The van der Waals surface area contributed by atoms with Crippen molar-refractivity contribution in [1.29, 1.82) is 0 Å². The molecule has 9 nitrogen and oxygen atoms in total. The van der Waals surface area contributed by atoms with E-state index in [-0.39, 0.29) is 11.7 Å². The fourth-order valence-electron chi connectivity index (χ4n) is 4.80. The molecule has 0 saturated carbocycles. The van der Waals surface area contributed by atoms with Crippen LogP contribution in [0.3, 0.4) is 0 Å². The first kappa shape index (κ1) is 24.1. The predicted molar refractivity (Wildman–Crippen MR) is 137 cm³/mol. The number of rotatable bonds is 9. The Morgan fingerprint density at radius 2 is 1.94 bits per heavy atom. The number of tetrazole rings is 1. The number of nitrogens with one attached hydrogen (secondary N) is 1. The second kappa shape index (κ2) is 10.6. The van der Waals surface area contributed by atoms with Gasteiger partial charge in [0.2, 0.25) is 0 Å². The molecule has 1 fully saturated rings. The van der Waals surface area contributed by atoms with Gasteiger partial charge in [-0.15, -0.1) is 5.10 Å². The average Bonchev–Trinajstić information content (AvgIpc) is 3.55. The molecule has 0 spiro atoms. The number of hydrogen-bond donors (Lipinski definition) is 1. The van der Waals surface area contributed by atoms with Crippen molar-refractivity contribution in [2.45, 2.75) is 52.4 Å². The van der Waals surface area contributed by atoms with Crippen LogP contribution in [0.15, 0.2) is 47.3 Å². The molecule has 0 aliphatic carbocycles. The van der Waals surface area contributed by atoms with E-state index >= 15 is 0 Å². The van der Waals surface area contributed by atoms with Gasteiger partial charge in [0.15, 0.2) is 5.82 Å². The zero-order chi connectivity index (χ0) is 25.1. The van der Waals surface area contributed by atoms with Crippen LogP contribution in [-0.2, 0) is 24.4 Å². The van der Waals surface area contributed by atoms with Crippen LogP contribution < -0.4 is 10.3 Å². The van der Waals surface area contributed by atoms with Crippen LogP contribution in [0.25, 0.3) is 10.9 Å². The van der Waals surface area contributed by atoms with Crippen molar-refractivity contribution in [3.63, 3.8) is 0 Å². The van der Waals surface area contributed by atoms with Crippen molar-refractivity contribution in [1.82, 2.24) is 30.1 Å². The number of hydrogen-bond acceptors (Lipinski definition) is 7. The van der Waals surface area contributed by atoms with Gasteiger partial charge in [-0.3, -0.25) is 9.69 Å². The third-order valence-electron chi connectivity index (χ3n) is 6.86. The summed E-state index contributed by atoms with van der Waals surface area (Å²) in [5.41, 5.74) is 4.84. The van der Waals surface area contributed by atoms with Crippen LogP contribution in [-0.4, -0.2) is 56.5 Å². The second-order valence-electron chi connectivity index (χ2n) is 9.52. The number of aromatic nitrogens is 5. The highest BCUT2D eigenvalue weighted by atomic mass is 16.5. The largest absolute Gasteiger partial charge is 0.497 e. The number of H-pyrrole nitrogens is 1. The number of nitrogens with zero attached hydrogens (tertiary/aromatic N) is 5. The highest BCUT2D eigenvalue weighted by molar-refractivity contribution is 5.85. The maximum absolute atomic E-state index is 13.1. The summed E-state index contributed by atoms with van der Waals surface area (Å²) in [5.74, 6) is 1.55. The molecule has 1 aliphatic rings. The lowest BCUT2D eigenvalue weighted by molar-refractivity contribution is 0.0663. The van der Waals surface area contributed by atoms with Crippen LogP contribution in [0, 0.1) is 13.8 Å². The van der Waals surface area contributed by atoms with Crippen LogP contribution in [0.2, 0.25) is 0 Å². The summed E-state index contributed by atoms with van der Waals surface area (Å²) >= 11 is 0. The minimum absolute atomic E-state index is 0.0636. The highest BCUT2D eigenvalue weighted by Crippen LogP contribution is 2.22. The molecule has 5 rings (SSSR count). The molecule has 0 radical (unpaired) electrons. The molecule has 0 bridgehead atoms. The maximum Gasteiger partial charge on any atom is 0.252 e. The van der Waals surface area contributed by atoms with Gasteiger partial charge in [0, 0.05) is 30.6 Å². The molecular weight excluding hydrogens is 456 g/mol. The van der Waals surface area contributed by atoms with Gasteiger partial charge in [-0.1, -0.05) is 24.3 Å². The summed E-state index contributed by atoms with van der Waals surface area (Å²) in [6.45, 7) is 7.11. The van der Waals surface area contributed by atoms with Crippen LogP contribution >= 0.6 is 0 Å². The quantitative estimate of drug-likeness (QED) is 0.386. The Morgan fingerprint density at radius 3 is 2.69 bits per heavy atom. The minimum atomic E-state index is -0.0636. The van der Waals surface area contributed by atoms with Gasteiger partial charge in [-0.05, 0) is 72.0 Å². The number of ether oxygens (including phenoxy) is 2. The SMILES string of the molecule is COc1ccc(Cn2nnnc2CN(Cc2cc3c(C)ccc(C)c3[nH]c2=O)CC2CCCO2)cc1. The predicted octanol–water partition coefficient (Wildman–Crippen LogP) is 3.37. The molecule has 188 valence electrons. The average molecular weight is 489 g/mol. The number of fused-ring (bicyclic) bond motifs is 1. The molecule has 1 aliphatic heterocycles. The summed E-state index contributed by atoms with van der Waals surface area (Å²) in [4.78, 5) is 18.4. The van der Waals surface area contributed by atoms with Crippen LogP contribution in [0.1, 0.15) is 40.9 Å². The van der Waals surface area contributed by atoms with Crippen molar-refractivity contribution in [2.24, 2.45) is 0 Å². The Bertz CT molecular complexity index is 1390. The Labute approximate surface area is 210 Å². The first-order chi connectivity index (χ1) is 17.5. The molecule has 0 amide bonds. The number of benzene rings is 2. The van der Waals surface area contributed by atoms with Crippen molar-refractivity contribution in [3.8, 4) is 5.75 Å². The fraction of sp³-hybridized carbons (Fsp3) is 0.407. The Morgan fingerprint density at radius 1 is 1.14 bits per heavy atom. The van der Waals surface area contributed by atoms with E-state index in [2.05, 4.69) is 38.4 Å². The van der Waals surface area contributed by atoms with Gasteiger partial charge in [0.05, 0.1) is 31.8 Å². The first-order valence-electron chi connectivity index (χ1n) is 12.3. The summed E-state index contributed by atoms with van der Waals surface area (Å²) in [6, 6.07) is 14.0. The molecule has 3 heterocycles. The zero-order valence-electron chi connectivity index (χ0n) is 21.0. The number of aryl methyl sites for hydroxylation is 2. The molecule has 1 unspecified atom stereocenters. The van der Waals surface area contributed by atoms with Gasteiger partial charge in [-0.25, -0.2) is 4.68 Å². The normalized spacial score (nSPS) is 15.7. The minimum Gasteiger partial charge on any atom is -0.497 e. The van der Waals surface area contributed by atoms with Crippen LogP contribution in [0.4, 0.5) is 0 Å². The monoisotopic (exact) mass is 488 g/mol. The molecule has 1 atom stereocenters. The summed E-state index contributed by atoms with van der Waals surface area (Å²) < 4.78 is 13.0. The molecule has 4 aromatic rings. The third-order valence-corrected chi connectivity index (χ3v) is 6.86. The third kappa shape index (κ3) is 5.32. The first-order valence-corrected chi connectivity index (χ1v) is 12.3. The Balaban J connectivity index is 1.40. The van der Waals surface area contributed by atoms with Crippen molar-refractivity contribution < 1.29 is 9.47 Å². The van der Waals surface area contributed by atoms with E-state index in [1.54, 1.807) is 7.11 Å². The summed E-state index contributed by atoms with van der Waals surface area (Å²) in [6.07, 6.45) is 2.21. The number of pyridine rings is 1. The Kier molecular flexibility index (Phi) is 7.11. The standard InChI is InChI=1S/C27H32N6O3/c1-18-6-7-19(2)26-24(18)13-21(27(34)28-26)15-32(16-23-5-4-12-36-23)17-25-29-30-31-33(25)14-20-8-10-22(35-3)11-9-20/h6-11,13,23H,4-5,12,14-17H2,1-3H3,(H,28,34). The van der Waals surface area contributed by atoms with Gasteiger partial charge in [0.1, 0.15) is 5.75 Å². The smallest absolute Gasteiger partial charge is 0.252 e. The second-order valence-corrected chi connectivity index (χ2v) is 9.52. The van der Waals surface area contributed by atoms with Crippen molar-refractivity contribution in [2.75, 3.05) is 20.3 Å². The van der Waals surface area contributed by atoms with Gasteiger partial charge >= 0.3 is 0 Å². The number of aromatic amines is 1. The van der Waals surface area contributed by atoms with Crippen LogP contribution in [0.5, 0.6) is 5.75 Å². The maximum atomic E-state index is 13.1. The number of methoxy groups -OCH3 is 1. The molecule has 2 aromatic heterocycles. The molecule has 2 aromatic carbocycles. The van der Waals surface area contributed by atoms with Gasteiger partial charge in [-0.2, -0.15) is 0 Å². The van der Waals surface area contributed by atoms with E-state index in [4.69, 9.17) is 9.47 Å². The lowest BCUT2D eigenvalue weighted by Crippen LogP contribution is -2.34. The molecular formula is C27H32N6O3. The summed E-state index contributed by atoms with van der Waals surface area (Å²) in [7, 11) is 1.65. The topological polar surface area (TPSA) is 98.2 Å².